The van der Waals surface area contributed by atoms with Crippen molar-refractivity contribution in [3.05, 3.63) is 0 Å². The molecular formula is C15H29N3O3. The third kappa shape index (κ3) is 6.33. The molecule has 0 aromatic carbocycles. The first kappa shape index (κ1) is 17.8. The van der Waals surface area contributed by atoms with Gasteiger partial charge in [-0.05, 0) is 39.2 Å². The number of hydrogen-bond acceptors (Lipinski definition) is 4. The molecule has 0 aromatic heterocycles. The Morgan fingerprint density at radius 3 is 2.38 bits per heavy atom. The average Bonchev–Trinajstić information content (AvgIpc) is 3.26. The zero-order chi connectivity index (χ0) is 16.0. The molecule has 0 aromatic rings. The lowest BCUT2D eigenvalue weighted by Crippen LogP contribution is -2.50. The van der Waals surface area contributed by atoms with Crippen molar-refractivity contribution in [2.75, 3.05) is 20.7 Å². The molecule has 0 heterocycles. The second-order valence-corrected chi connectivity index (χ2v) is 6.31. The smallest absolute Gasteiger partial charge is 0.407 e. The number of nitrogens with one attached hydrogen (secondary N) is 2. The highest BCUT2D eigenvalue weighted by molar-refractivity contribution is 5.85. The molecular weight excluding hydrogens is 270 g/mol. The van der Waals surface area contributed by atoms with Crippen LogP contribution in [-0.4, -0.2) is 55.7 Å². The van der Waals surface area contributed by atoms with E-state index in [9.17, 15) is 9.59 Å². The number of methoxy groups -OCH3 is 1. The number of rotatable bonds is 8. The Kier molecular flexibility index (Phi) is 6.95. The van der Waals surface area contributed by atoms with Gasteiger partial charge in [0, 0.05) is 18.6 Å². The number of carbonyl (C=O) groups is 2. The Balaban J connectivity index is 2.44. The summed E-state index contributed by atoms with van der Waals surface area (Å²) in [7, 11) is 3.39. The van der Waals surface area contributed by atoms with Gasteiger partial charge in [-0.3, -0.25) is 9.69 Å². The van der Waals surface area contributed by atoms with Crippen LogP contribution in [0.15, 0.2) is 0 Å². The van der Waals surface area contributed by atoms with Crippen molar-refractivity contribution in [2.24, 2.45) is 5.92 Å². The number of hydrogen-bond donors (Lipinski definition) is 2. The van der Waals surface area contributed by atoms with Crippen molar-refractivity contribution in [2.45, 2.75) is 58.2 Å². The van der Waals surface area contributed by atoms with Crippen LogP contribution in [-0.2, 0) is 9.53 Å². The van der Waals surface area contributed by atoms with Crippen molar-refractivity contribution in [3.8, 4) is 0 Å². The standard InChI is InChI=1S/C15H29N3O3/c1-10(2)8-13(17-15(20)21-5)14(19)16-9-11(3)18(4)12-6-7-12/h10-13H,6-9H2,1-5H3,(H,16,19)(H,17,20). The zero-order valence-electron chi connectivity index (χ0n) is 13.8. The molecule has 2 unspecified atom stereocenters. The average molecular weight is 299 g/mol. The Hall–Kier alpha value is -1.30. The van der Waals surface area contributed by atoms with Crippen LogP contribution in [0, 0.1) is 5.92 Å². The normalized spacial score (nSPS) is 17.5. The number of nitrogens with zero attached hydrogens (tertiary/aromatic N) is 1. The largest absolute Gasteiger partial charge is 0.453 e. The van der Waals surface area contributed by atoms with E-state index in [1.165, 1.54) is 20.0 Å². The molecule has 0 bridgehead atoms. The molecule has 6 heteroatoms. The summed E-state index contributed by atoms with van der Waals surface area (Å²) in [6.07, 6.45) is 2.51. The van der Waals surface area contributed by atoms with E-state index >= 15 is 0 Å². The van der Waals surface area contributed by atoms with E-state index in [4.69, 9.17) is 0 Å². The molecule has 0 aliphatic heterocycles. The molecule has 6 nitrogen and oxygen atoms in total. The molecule has 1 aliphatic carbocycles. The predicted octanol–water partition coefficient (Wildman–Crippen LogP) is 1.36. The minimum Gasteiger partial charge on any atom is -0.453 e. The molecule has 2 N–H and O–H groups in total. The van der Waals surface area contributed by atoms with Crippen molar-refractivity contribution in [3.63, 3.8) is 0 Å². The van der Waals surface area contributed by atoms with Crippen LogP contribution in [0.3, 0.4) is 0 Å². The Morgan fingerprint density at radius 1 is 1.29 bits per heavy atom. The lowest BCUT2D eigenvalue weighted by atomic mass is 10.0. The third-order valence-electron chi connectivity index (χ3n) is 3.89. The highest BCUT2D eigenvalue weighted by Crippen LogP contribution is 2.26. The van der Waals surface area contributed by atoms with Gasteiger partial charge in [-0.2, -0.15) is 0 Å². The van der Waals surface area contributed by atoms with Crippen LogP contribution >= 0.6 is 0 Å². The third-order valence-corrected chi connectivity index (χ3v) is 3.89. The molecule has 2 atom stereocenters. The fourth-order valence-corrected chi connectivity index (χ4v) is 2.26. The van der Waals surface area contributed by atoms with Crippen molar-refractivity contribution in [1.29, 1.82) is 0 Å². The molecule has 2 amide bonds. The molecule has 1 rings (SSSR count). The van der Waals surface area contributed by atoms with Gasteiger partial charge in [0.25, 0.3) is 0 Å². The van der Waals surface area contributed by atoms with Gasteiger partial charge >= 0.3 is 6.09 Å². The quantitative estimate of drug-likeness (QED) is 0.710. The van der Waals surface area contributed by atoms with Crippen LogP contribution in [0.5, 0.6) is 0 Å². The second kappa shape index (κ2) is 8.22. The van der Waals surface area contributed by atoms with Gasteiger partial charge in [-0.15, -0.1) is 0 Å². The fourth-order valence-electron chi connectivity index (χ4n) is 2.26. The lowest BCUT2D eigenvalue weighted by Gasteiger charge is -2.26. The molecule has 0 radical (unpaired) electrons. The molecule has 0 saturated heterocycles. The highest BCUT2D eigenvalue weighted by atomic mass is 16.5. The first-order valence-electron chi connectivity index (χ1n) is 7.69. The van der Waals surface area contributed by atoms with Gasteiger partial charge in [0.15, 0.2) is 0 Å². The predicted molar refractivity (Wildman–Crippen MR) is 82.0 cm³/mol. The Morgan fingerprint density at radius 2 is 1.90 bits per heavy atom. The van der Waals surface area contributed by atoms with Crippen molar-refractivity contribution in [1.82, 2.24) is 15.5 Å². The topological polar surface area (TPSA) is 70.7 Å². The van der Waals surface area contributed by atoms with Crippen LogP contribution in [0.4, 0.5) is 4.79 Å². The van der Waals surface area contributed by atoms with Gasteiger partial charge in [-0.25, -0.2) is 4.79 Å². The van der Waals surface area contributed by atoms with E-state index in [-0.39, 0.29) is 5.91 Å². The number of likely N-dealkylation sites (N-methyl/N-ethyl adjacent to an activating group) is 1. The van der Waals surface area contributed by atoms with E-state index in [1.807, 2.05) is 13.8 Å². The molecule has 1 aliphatic rings. The van der Waals surface area contributed by atoms with Crippen LogP contribution < -0.4 is 10.6 Å². The summed E-state index contributed by atoms with van der Waals surface area (Å²) < 4.78 is 4.58. The van der Waals surface area contributed by atoms with E-state index in [0.717, 1.165) is 0 Å². The van der Waals surface area contributed by atoms with Crippen LogP contribution in [0.2, 0.25) is 0 Å². The zero-order valence-corrected chi connectivity index (χ0v) is 13.8. The van der Waals surface area contributed by atoms with Gasteiger partial charge in [-0.1, -0.05) is 13.8 Å². The van der Waals surface area contributed by atoms with E-state index < -0.39 is 12.1 Å². The van der Waals surface area contributed by atoms with Crippen molar-refractivity contribution >= 4 is 12.0 Å². The van der Waals surface area contributed by atoms with Crippen molar-refractivity contribution < 1.29 is 14.3 Å². The van der Waals surface area contributed by atoms with E-state index in [2.05, 4.69) is 34.2 Å². The van der Waals surface area contributed by atoms with E-state index in [0.29, 0.717) is 31.0 Å². The van der Waals surface area contributed by atoms with E-state index in [1.54, 1.807) is 0 Å². The second-order valence-electron chi connectivity index (χ2n) is 6.31. The van der Waals surface area contributed by atoms with Crippen LogP contribution in [0.1, 0.15) is 40.0 Å². The SMILES string of the molecule is COC(=O)NC(CC(C)C)C(=O)NCC(C)N(C)C1CC1. The molecule has 122 valence electrons. The Labute approximate surface area is 127 Å². The summed E-state index contributed by atoms with van der Waals surface area (Å²) in [5.41, 5.74) is 0. The maximum Gasteiger partial charge on any atom is 0.407 e. The molecule has 21 heavy (non-hydrogen) atoms. The Bertz CT molecular complexity index is 356. The number of amides is 2. The first-order valence-corrected chi connectivity index (χ1v) is 7.69. The van der Waals surface area contributed by atoms with Crippen LogP contribution in [0.25, 0.3) is 0 Å². The summed E-state index contributed by atoms with van der Waals surface area (Å²) >= 11 is 0. The monoisotopic (exact) mass is 299 g/mol. The first-order chi connectivity index (χ1) is 9.85. The lowest BCUT2D eigenvalue weighted by molar-refractivity contribution is -0.123. The minimum absolute atomic E-state index is 0.148. The van der Waals surface area contributed by atoms with Gasteiger partial charge < -0.3 is 15.4 Å². The summed E-state index contributed by atoms with van der Waals surface area (Å²) in [4.78, 5) is 25.9. The molecule has 0 spiro atoms. The number of carbonyl (C=O) groups excluding carboxylic acids is 2. The summed E-state index contributed by atoms with van der Waals surface area (Å²) in [6, 6.07) is 0.409. The highest BCUT2D eigenvalue weighted by Gasteiger charge is 2.29. The van der Waals surface area contributed by atoms with Gasteiger partial charge in [0.2, 0.25) is 5.91 Å². The number of ether oxygens (including phenoxy) is 1. The molecule has 1 saturated carbocycles. The maximum absolute atomic E-state index is 12.2. The van der Waals surface area contributed by atoms with Gasteiger partial charge in [0.1, 0.15) is 6.04 Å². The summed E-state index contributed by atoms with van der Waals surface area (Å²) in [6.45, 7) is 6.72. The summed E-state index contributed by atoms with van der Waals surface area (Å²) in [5.74, 6) is 0.162. The summed E-state index contributed by atoms with van der Waals surface area (Å²) in [5, 5.41) is 5.53. The maximum atomic E-state index is 12.2. The number of alkyl carbamates (subject to hydrolysis) is 1. The minimum atomic E-state index is -0.570. The fraction of sp³-hybridized carbons (Fsp3) is 0.867. The molecule has 1 fully saturated rings. The van der Waals surface area contributed by atoms with Gasteiger partial charge in [0.05, 0.1) is 7.11 Å².